The molecule has 0 unspecified atom stereocenters. The number of pyridine rings is 1. The summed E-state index contributed by atoms with van der Waals surface area (Å²) in [5, 5.41) is 8.77. The van der Waals surface area contributed by atoms with Crippen LogP contribution in [0, 0.1) is 0 Å². The number of hydrogen-bond acceptors (Lipinski definition) is 3. The van der Waals surface area contributed by atoms with E-state index in [9.17, 15) is 4.79 Å². The number of aryl methyl sites for hydroxylation is 2. The van der Waals surface area contributed by atoms with Gasteiger partial charge in [-0.05, 0) is 48.1 Å². The molecule has 1 heterocycles. The molecular weight excluding hydrogens is 254 g/mol. The van der Waals surface area contributed by atoms with Crippen LogP contribution in [0.3, 0.4) is 0 Å². The molecule has 0 spiro atoms. The van der Waals surface area contributed by atoms with Gasteiger partial charge in [-0.25, -0.2) is 9.78 Å². The molecule has 2 aromatic rings. The number of fused-ring (bicyclic) bond motifs is 1. The fraction of sp³-hybridized carbons (Fsp3) is 0.250. The molecule has 0 atom stereocenters. The Morgan fingerprint density at radius 3 is 2.80 bits per heavy atom. The van der Waals surface area contributed by atoms with Gasteiger partial charge < -0.3 is 9.84 Å². The minimum atomic E-state index is -1.03. The van der Waals surface area contributed by atoms with Crippen molar-refractivity contribution in [2.75, 3.05) is 0 Å². The van der Waals surface area contributed by atoms with Crippen molar-refractivity contribution in [3.05, 3.63) is 58.9 Å². The molecule has 3 rings (SSSR count). The number of nitrogens with zero attached hydrogens (tertiary/aromatic N) is 1. The van der Waals surface area contributed by atoms with Gasteiger partial charge in [-0.3, -0.25) is 0 Å². The van der Waals surface area contributed by atoms with Crippen molar-refractivity contribution >= 4 is 5.97 Å². The Morgan fingerprint density at radius 2 is 2.05 bits per heavy atom. The minimum absolute atomic E-state index is 0.0230. The Kier molecular flexibility index (Phi) is 3.37. The quantitative estimate of drug-likeness (QED) is 0.927. The zero-order valence-corrected chi connectivity index (χ0v) is 11.0. The molecule has 1 aliphatic rings. The molecule has 0 saturated carbocycles. The van der Waals surface area contributed by atoms with E-state index >= 15 is 0 Å². The van der Waals surface area contributed by atoms with Crippen molar-refractivity contribution in [1.82, 2.24) is 4.98 Å². The van der Waals surface area contributed by atoms with Crippen LogP contribution in [0.4, 0.5) is 0 Å². The van der Waals surface area contributed by atoms with Crippen LogP contribution < -0.4 is 4.74 Å². The third kappa shape index (κ3) is 2.64. The van der Waals surface area contributed by atoms with E-state index in [0.29, 0.717) is 12.4 Å². The Hall–Kier alpha value is -2.36. The summed E-state index contributed by atoms with van der Waals surface area (Å²) in [7, 11) is 0. The molecule has 1 aliphatic carbocycles. The molecule has 0 aliphatic heterocycles. The molecule has 1 N–H and O–H groups in total. The second-order valence-corrected chi connectivity index (χ2v) is 4.93. The fourth-order valence-electron chi connectivity index (χ4n) is 2.47. The predicted molar refractivity (Wildman–Crippen MR) is 74.0 cm³/mol. The van der Waals surface area contributed by atoms with E-state index in [1.54, 1.807) is 6.07 Å². The van der Waals surface area contributed by atoms with Gasteiger partial charge in [0.05, 0.1) is 6.20 Å². The Bertz CT molecular complexity index is 635. The first kappa shape index (κ1) is 12.7. The van der Waals surface area contributed by atoms with Crippen LogP contribution in [0.25, 0.3) is 0 Å². The number of carboxylic acids is 1. The van der Waals surface area contributed by atoms with Crippen molar-refractivity contribution in [1.29, 1.82) is 0 Å². The van der Waals surface area contributed by atoms with E-state index in [0.717, 1.165) is 12.0 Å². The maximum absolute atomic E-state index is 10.7. The Labute approximate surface area is 117 Å². The molecule has 4 nitrogen and oxygen atoms in total. The molecule has 0 saturated heterocycles. The molecule has 0 bridgehead atoms. The van der Waals surface area contributed by atoms with Gasteiger partial charge >= 0.3 is 5.97 Å². The molecule has 0 fully saturated rings. The van der Waals surface area contributed by atoms with Crippen LogP contribution >= 0.6 is 0 Å². The van der Waals surface area contributed by atoms with Crippen molar-refractivity contribution in [2.45, 2.75) is 25.9 Å². The van der Waals surface area contributed by atoms with E-state index in [-0.39, 0.29) is 5.69 Å². The Morgan fingerprint density at radius 1 is 1.20 bits per heavy atom. The summed E-state index contributed by atoms with van der Waals surface area (Å²) in [5.74, 6) is -0.453. The van der Waals surface area contributed by atoms with Crippen LogP contribution in [0.15, 0.2) is 36.5 Å². The van der Waals surface area contributed by atoms with E-state index < -0.39 is 5.97 Å². The molecule has 1 aromatic heterocycles. The summed E-state index contributed by atoms with van der Waals surface area (Å²) in [6, 6.07) is 9.53. The molecule has 1 aromatic carbocycles. The molecule has 4 heteroatoms. The van der Waals surface area contributed by atoms with Gasteiger partial charge in [0.2, 0.25) is 0 Å². The van der Waals surface area contributed by atoms with Crippen LogP contribution in [0.1, 0.15) is 33.6 Å². The standard InChI is InChI=1S/C16H15NO3/c18-16(19)15-7-6-14(9-17-15)20-10-11-4-5-12-2-1-3-13(12)8-11/h4-9H,1-3,10H2,(H,18,19). The van der Waals surface area contributed by atoms with Gasteiger partial charge in [-0.15, -0.1) is 0 Å². The first-order valence-corrected chi connectivity index (χ1v) is 6.65. The highest BCUT2D eigenvalue weighted by Gasteiger charge is 2.11. The van der Waals surface area contributed by atoms with Crippen molar-refractivity contribution < 1.29 is 14.6 Å². The maximum atomic E-state index is 10.7. The highest BCUT2D eigenvalue weighted by molar-refractivity contribution is 5.85. The summed E-state index contributed by atoms with van der Waals surface area (Å²) in [5.41, 5.74) is 4.02. The highest BCUT2D eigenvalue weighted by Crippen LogP contribution is 2.23. The minimum Gasteiger partial charge on any atom is -0.487 e. The number of aromatic carboxylic acids is 1. The third-order valence-electron chi connectivity index (χ3n) is 3.52. The maximum Gasteiger partial charge on any atom is 0.354 e. The van der Waals surface area contributed by atoms with E-state index in [1.165, 1.54) is 36.2 Å². The largest absolute Gasteiger partial charge is 0.487 e. The summed E-state index contributed by atoms with van der Waals surface area (Å²) in [6.45, 7) is 0.474. The molecule has 0 radical (unpaired) electrons. The first-order valence-electron chi connectivity index (χ1n) is 6.65. The van der Waals surface area contributed by atoms with Crippen LogP contribution in [-0.4, -0.2) is 16.1 Å². The summed E-state index contributed by atoms with van der Waals surface area (Å²) < 4.78 is 5.63. The zero-order valence-electron chi connectivity index (χ0n) is 11.0. The number of aromatic nitrogens is 1. The lowest BCUT2D eigenvalue weighted by atomic mass is 10.1. The van der Waals surface area contributed by atoms with Crippen molar-refractivity contribution in [3.63, 3.8) is 0 Å². The number of carboxylic acid groups (broad SMARTS) is 1. The van der Waals surface area contributed by atoms with Gasteiger partial charge in [0.1, 0.15) is 18.1 Å². The van der Waals surface area contributed by atoms with E-state index in [1.807, 2.05) is 0 Å². The van der Waals surface area contributed by atoms with Crippen molar-refractivity contribution in [2.24, 2.45) is 0 Å². The van der Waals surface area contributed by atoms with Gasteiger partial charge in [-0.2, -0.15) is 0 Å². The van der Waals surface area contributed by atoms with E-state index in [2.05, 4.69) is 23.2 Å². The van der Waals surface area contributed by atoms with Crippen LogP contribution in [0.2, 0.25) is 0 Å². The molecule has 0 amide bonds. The number of carbonyl (C=O) groups is 1. The van der Waals surface area contributed by atoms with Gasteiger partial charge in [0.15, 0.2) is 0 Å². The number of rotatable bonds is 4. The number of hydrogen-bond donors (Lipinski definition) is 1. The van der Waals surface area contributed by atoms with Crippen molar-refractivity contribution in [3.8, 4) is 5.75 Å². The SMILES string of the molecule is O=C(O)c1ccc(OCc2ccc3c(c2)CCC3)cn1. The normalized spacial score (nSPS) is 13.0. The molecular formula is C16H15NO3. The van der Waals surface area contributed by atoms with Crippen LogP contribution in [-0.2, 0) is 19.4 Å². The number of benzene rings is 1. The van der Waals surface area contributed by atoms with Gasteiger partial charge in [0.25, 0.3) is 0 Å². The van der Waals surface area contributed by atoms with E-state index in [4.69, 9.17) is 9.84 Å². The average Bonchev–Trinajstić information content (AvgIpc) is 2.93. The second kappa shape index (κ2) is 5.33. The van der Waals surface area contributed by atoms with Gasteiger partial charge in [-0.1, -0.05) is 18.2 Å². The zero-order chi connectivity index (χ0) is 13.9. The lowest BCUT2D eigenvalue weighted by molar-refractivity contribution is 0.0690. The second-order valence-electron chi connectivity index (χ2n) is 4.93. The number of ether oxygens (including phenoxy) is 1. The fourth-order valence-corrected chi connectivity index (χ4v) is 2.47. The monoisotopic (exact) mass is 269 g/mol. The topological polar surface area (TPSA) is 59.4 Å². The predicted octanol–water partition coefficient (Wildman–Crippen LogP) is 2.85. The molecule has 20 heavy (non-hydrogen) atoms. The average molecular weight is 269 g/mol. The summed E-state index contributed by atoms with van der Waals surface area (Å²) >= 11 is 0. The van der Waals surface area contributed by atoms with Gasteiger partial charge in [0, 0.05) is 0 Å². The Balaban J connectivity index is 1.65. The highest BCUT2D eigenvalue weighted by atomic mass is 16.5. The summed E-state index contributed by atoms with van der Waals surface area (Å²) in [4.78, 5) is 14.5. The lowest BCUT2D eigenvalue weighted by Gasteiger charge is -2.08. The lowest BCUT2D eigenvalue weighted by Crippen LogP contribution is -2.01. The smallest absolute Gasteiger partial charge is 0.354 e. The van der Waals surface area contributed by atoms with Crippen LogP contribution in [0.5, 0.6) is 5.75 Å². The first-order chi connectivity index (χ1) is 9.72. The molecule has 102 valence electrons. The third-order valence-corrected chi connectivity index (χ3v) is 3.52. The summed E-state index contributed by atoms with van der Waals surface area (Å²) in [6.07, 6.45) is 5.01.